The standard InChI is InChI=1S/C9H20N2O3/c1-13-5-3-4-11-9(12)6-8(7-10)14-2/h8H,3-7,10H2,1-2H3,(H,11,12). The van der Waals surface area contributed by atoms with Crippen molar-refractivity contribution in [3.8, 4) is 0 Å². The Kier molecular flexibility index (Phi) is 8.51. The molecular formula is C9H20N2O3. The minimum absolute atomic E-state index is 0.0293. The van der Waals surface area contributed by atoms with E-state index in [0.717, 1.165) is 6.42 Å². The average Bonchev–Trinajstić information content (AvgIpc) is 2.21. The van der Waals surface area contributed by atoms with Gasteiger partial charge in [0.2, 0.25) is 5.91 Å². The van der Waals surface area contributed by atoms with Crippen LogP contribution in [0.3, 0.4) is 0 Å². The maximum Gasteiger partial charge on any atom is 0.222 e. The Morgan fingerprint density at radius 2 is 2.21 bits per heavy atom. The van der Waals surface area contributed by atoms with Crippen LogP contribution in [0, 0.1) is 0 Å². The van der Waals surface area contributed by atoms with Crippen molar-refractivity contribution in [3.05, 3.63) is 0 Å². The van der Waals surface area contributed by atoms with Crippen molar-refractivity contribution >= 4 is 5.91 Å². The van der Waals surface area contributed by atoms with Gasteiger partial charge >= 0.3 is 0 Å². The molecule has 0 fully saturated rings. The Labute approximate surface area is 84.9 Å². The molecule has 1 unspecified atom stereocenters. The van der Waals surface area contributed by atoms with E-state index in [-0.39, 0.29) is 12.0 Å². The third-order valence-electron chi connectivity index (χ3n) is 1.86. The first-order chi connectivity index (χ1) is 6.74. The van der Waals surface area contributed by atoms with E-state index < -0.39 is 0 Å². The molecule has 0 radical (unpaired) electrons. The number of nitrogens with one attached hydrogen (secondary N) is 1. The van der Waals surface area contributed by atoms with Gasteiger partial charge < -0.3 is 20.5 Å². The first-order valence-electron chi connectivity index (χ1n) is 4.73. The first-order valence-corrected chi connectivity index (χ1v) is 4.73. The SMILES string of the molecule is COCCCNC(=O)CC(CN)OC. The molecule has 0 bridgehead atoms. The normalized spacial score (nSPS) is 12.5. The van der Waals surface area contributed by atoms with Crippen molar-refractivity contribution in [2.24, 2.45) is 5.73 Å². The Morgan fingerprint density at radius 1 is 1.50 bits per heavy atom. The molecule has 0 aliphatic heterocycles. The summed E-state index contributed by atoms with van der Waals surface area (Å²) in [7, 11) is 3.19. The van der Waals surface area contributed by atoms with Crippen LogP contribution < -0.4 is 11.1 Å². The summed E-state index contributed by atoms with van der Waals surface area (Å²) in [5.41, 5.74) is 5.38. The molecule has 0 aromatic rings. The molecule has 0 saturated heterocycles. The lowest BCUT2D eigenvalue weighted by molar-refractivity contribution is -0.123. The number of ether oxygens (including phenoxy) is 2. The molecule has 0 aromatic carbocycles. The van der Waals surface area contributed by atoms with Crippen molar-refractivity contribution in [2.75, 3.05) is 33.9 Å². The summed E-state index contributed by atoms with van der Waals surface area (Å²) in [6.07, 6.45) is 0.958. The maximum absolute atomic E-state index is 11.2. The second kappa shape index (κ2) is 8.93. The zero-order valence-electron chi connectivity index (χ0n) is 8.91. The highest BCUT2D eigenvalue weighted by atomic mass is 16.5. The monoisotopic (exact) mass is 204 g/mol. The predicted octanol–water partition coefficient (Wildman–Crippen LogP) is -0.497. The third kappa shape index (κ3) is 6.82. The van der Waals surface area contributed by atoms with Gasteiger partial charge in [-0.25, -0.2) is 0 Å². The van der Waals surface area contributed by atoms with Crippen LogP contribution in [0.5, 0.6) is 0 Å². The molecule has 0 rings (SSSR count). The van der Waals surface area contributed by atoms with Crippen molar-refractivity contribution in [1.29, 1.82) is 0 Å². The second-order valence-corrected chi connectivity index (χ2v) is 2.99. The maximum atomic E-state index is 11.2. The number of carbonyl (C=O) groups is 1. The van der Waals surface area contributed by atoms with Gasteiger partial charge in [-0.1, -0.05) is 0 Å². The molecule has 1 atom stereocenters. The zero-order chi connectivity index (χ0) is 10.8. The number of methoxy groups -OCH3 is 2. The number of hydrogen-bond acceptors (Lipinski definition) is 4. The van der Waals surface area contributed by atoms with Gasteiger partial charge in [-0.05, 0) is 6.42 Å². The van der Waals surface area contributed by atoms with Crippen LogP contribution in [0.2, 0.25) is 0 Å². The quantitative estimate of drug-likeness (QED) is 0.523. The van der Waals surface area contributed by atoms with Crippen molar-refractivity contribution in [1.82, 2.24) is 5.32 Å². The summed E-state index contributed by atoms with van der Waals surface area (Å²) in [4.78, 5) is 11.2. The minimum Gasteiger partial charge on any atom is -0.385 e. The van der Waals surface area contributed by atoms with Gasteiger partial charge in [0.05, 0.1) is 12.5 Å². The molecule has 3 N–H and O–H groups in total. The number of amides is 1. The average molecular weight is 204 g/mol. The summed E-state index contributed by atoms with van der Waals surface area (Å²) in [5.74, 6) is -0.0293. The van der Waals surface area contributed by atoms with Crippen LogP contribution in [0.15, 0.2) is 0 Å². The van der Waals surface area contributed by atoms with E-state index in [9.17, 15) is 4.79 Å². The van der Waals surface area contributed by atoms with E-state index in [1.807, 2.05) is 0 Å². The Bertz CT molecular complexity index is 149. The predicted molar refractivity (Wildman–Crippen MR) is 54.0 cm³/mol. The molecule has 1 amide bonds. The molecule has 14 heavy (non-hydrogen) atoms. The molecule has 0 spiro atoms. The van der Waals surface area contributed by atoms with Crippen LogP contribution in [-0.4, -0.2) is 45.9 Å². The summed E-state index contributed by atoms with van der Waals surface area (Å²) in [6.45, 7) is 1.65. The highest BCUT2D eigenvalue weighted by molar-refractivity contribution is 5.76. The molecule has 0 aliphatic rings. The number of nitrogens with two attached hydrogens (primary N) is 1. The third-order valence-corrected chi connectivity index (χ3v) is 1.86. The molecule has 5 heteroatoms. The van der Waals surface area contributed by atoms with Crippen LogP contribution in [0.4, 0.5) is 0 Å². The number of hydrogen-bond donors (Lipinski definition) is 2. The van der Waals surface area contributed by atoms with Crippen molar-refractivity contribution in [3.63, 3.8) is 0 Å². The van der Waals surface area contributed by atoms with Crippen LogP contribution in [-0.2, 0) is 14.3 Å². The fraction of sp³-hybridized carbons (Fsp3) is 0.889. The van der Waals surface area contributed by atoms with Crippen LogP contribution >= 0.6 is 0 Å². The van der Waals surface area contributed by atoms with Gasteiger partial charge in [0.1, 0.15) is 0 Å². The van der Waals surface area contributed by atoms with E-state index in [1.165, 1.54) is 0 Å². The van der Waals surface area contributed by atoms with E-state index in [2.05, 4.69) is 5.32 Å². The molecule has 84 valence electrons. The fourth-order valence-corrected chi connectivity index (χ4v) is 0.986. The van der Waals surface area contributed by atoms with Gasteiger partial charge in [-0.3, -0.25) is 4.79 Å². The highest BCUT2D eigenvalue weighted by Crippen LogP contribution is 1.94. The Hall–Kier alpha value is -0.650. The topological polar surface area (TPSA) is 73.6 Å². The van der Waals surface area contributed by atoms with Gasteiger partial charge in [0.15, 0.2) is 0 Å². The highest BCUT2D eigenvalue weighted by Gasteiger charge is 2.10. The van der Waals surface area contributed by atoms with Crippen molar-refractivity contribution in [2.45, 2.75) is 18.9 Å². The van der Waals surface area contributed by atoms with Crippen LogP contribution in [0.1, 0.15) is 12.8 Å². The molecular weight excluding hydrogens is 184 g/mol. The van der Waals surface area contributed by atoms with Gasteiger partial charge in [-0.15, -0.1) is 0 Å². The minimum atomic E-state index is -0.183. The lowest BCUT2D eigenvalue weighted by Gasteiger charge is -2.12. The summed E-state index contributed by atoms with van der Waals surface area (Å²) in [5, 5.41) is 2.76. The van der Waals surface area contributed by atoms with E-state index in [4.69, 9.17) is 15.2 Å². The summed E-state index contributed by atoms with van der Waals surface area (Å²) < 4.78 is 9.84. The van der Waals surface area contributed by atoms with E-state index in [1.54, 1.807) is 14.2 Å². The Balaban J connectivity index is 3.44. The van der Waals surface area contributed by atoms with Gasteiger partial charge in [0.25, 0.3) is 0 Å². The molecule has 0 heterocycles. The summed E-state index contributed by atoms with van der Waals surface area (Å²) >= 11 is 0. The Morgan fingerprint density at radius 3 is 2.71 bits per heavy atom. The van der Waals surface area contributed by atoms with Crippen LogP contribution in [0.25, 0.3) is 0 Å². The molecule has 5 nitrogen and oxygen atoms in total. The first kappa shape index (κ1) is 13.4. The van der Waals surface area contributed by atoms with E-state index >= 15 is 0 Å². The van der Waals surface area contributed by atoms with Crippen molar-refractivity contribution < 1.29 is 14.3 Å². The second-order valence-electron chi connectivity index (χ2n) is 2.99. The summed E-state index contributed by atoms with van der Waals surface area (Å²) in [6, 6.07) is 0. The number of carbonyl (C=O) groups excluding carboxylic acids is 1. The molecule has 0 aromatic heterocycles. The van der Waals surface area contributed by atoms with E-state index in [0.29, 0.717) is 26.1 Å². The largest absolute Gasteiger partial charge is 0.385 e. The zero-order valence-corrected chi connectivity index (χ0v) is 8.91. The van der Waals surface area contributed by atoms with Gasteiger partial charge in [-0.2, -0.15) is 0 Å². The van der Waals surface area contributed by atoms with Gasteiger partial charge in [0, 0.05) is 33.9 Å². The lowest BCUT2D eigenvalue weighted by Crippen LogP contribution is -2.32. The smallest absolute Gasteiger partial charge is 0.222 e. The fourth-order valence-electron chi connectivity index (χ4n) is 0.986. The number of rotatable bonds is 8. The molecule has 0 aliphatic carbocycles. The molecule has 0 saturated carbocycles. The lowest BCUT2D eigenvalue weighted by atomic mass is 10.2.